The lowest BCUT2D eigenvalue weighted by molar-refractivity contribution is 0.0526. The Morgan fingerprint density at radius 1 is 1.12 bits per heavy atom. The van der Waals surface area contributed by atoms with Crippen LogP contribution in [0, 0.1) is 13.8 Å². The van der Waals surface area contributed by atoms with E-state index in [1.165, 1.54) is 0 Å². The molecule has 1 aromatic heterocycles. The van der Waals surface area contributed by atoms with Crippen LogP contribution in [-0.2, 0) is 4.74 Å². The van der Waals surface area contributed by atoms with Crippen LogP contribution in [0.3, 0.4) is 0 Å². The normalized spacial score (nSPS) is 10.7. The van der Waals surface area contributed by atoms with Crippen molar-refractivity contribution in [1.82, 2.24) is 4.98 Å². The fourth-order valence-electron chi connectivity index (χ4n) is 2.55. The molecule has 3 aromatic rings. The number of nitrogens with zero attached hydrogens (tertiary/aromatic N) is 1. The molecule has 4 nitrogen and oxygen atoms in total. The van der Waals surface area contributed by atoms with E-state index in [1.807, 2.05) is 32.0 Å². The molecule has 0 spiro atoms. The zero-order valence-corrected chi connectivity index (χ0v) is 15.1. The Morgan fingerprint density at radius 2 is 1.92 bits per heavy atom. The largest absolute Gasteiger partial charge is 0.462 e. The van der Waals surface area contributed by atoms with Gasteiger partial charge in [-0.3, -0.25) is 4.98 Å². The fraction of sp³-hybridized carbons (Fsp3) is 0.200. The van der Waals surface area contributed by atoms with Crippen molar-refractivity contribution in [3.05, 3.63) is 64.3 Å². The highest BCUT2D eigenvalue weighted by Crippen LogP contribution is 2.32. The second-order valence-corrected chi connectivity index (χ2v) is 6.13. The van der Waals surface area contributed by atoms with Gasteiger partial charge in [-0.1, -0.05) is 11.6 Å². The second-order valence-electron chi connectivity index (χ2n) is 5.73. The van der Waals surface area contributed by atoms with Crippen LogP contribution in [0.1, 0.15) is 28.5 Å². The van der Waals surface area contributed by atoms with Gasteiger partial charge < -0.3 is 9.47 Å². The van der Waals surface area contributed by atoms with E-state index < -0.39 is 0 Å². The molecule has 0 aliphatic rings. The molecule has 0 aliphatic heterocycles. The number of ether oxygens (including phenoxy) is 2. The molecule has 0 radical (unpaired) electrons. The van der Waals surface area contributed by atoms with Crippen molar-refractivity contribution in [2.75, 3.05) is 6.61 Å². The molecule has 2 aromatic carbocycles. The Balaban J connectivity index is 2.07. The van der Waals surface area contributed by atoms with Gasteiger partial charge in [0.1, 0.15) is 11.5 Å². The van der Waals surface area contributed by atoms with Crippen LogP contribution in [0.15, 0.2) is 42.5 Å². The van der Waals surface area contributed by atoms with Crippen molar-refractivity contribution in [1.29, 1.82) is 0 Å². The van der Waals surface area contributed by atoms with Crippen molar-refractivity contribution < 1.29 is 14.3 Å². The molecule has 0 fully saturated rings. The zero-order chi connectivity index (χ0) is 18.0. The van der Waals surface area contributed by atoms with Gasteiger partial charge in [-0.25, -0.2) is 4.79 Å². The highest BCUT2D eigenvalue weighted by atomic mass is 35.5. The van der Waals surface area contributed by atoms with Crippen molar-refractivity contribution in [3.8, 4) is 11.5 Å². The summed E-state index contributed by atoms with van der Waals surface area (Å²) >= 11 is 6.07. The van der Waals surface area contributed by atoms with Crippen LogP contribution in [0.4, 0.5) is 0 Å². The van der Waals surface area contributed by atoms with Crippen LogP contribution in [0.5, 0.6) is 11.5 Å². The second kappa shape index (κ2) is 7.11. The molecule has 0 bridgehead atoms. The Kier molecular flexibility index (Phi) is 4.91. The molecule has 0 N–H and O–H groups in total. The predicted molar refractivity (Wildman–Crippen MR) is 98.7 cm³/mol. The Bertz CT molecular complexity index is 953. The Labute approximate surface area is 151 Å². The molecule has 0 saturated heterocycles. The number of hydrogen-bond donors (Lipinski definition) is 0. The minimum absolute atomic E-state index is 0.330. The molecule has 5 heteroatoms. The molecule has 0 saturated carbocycles. The summed E-state index contributed by atoms with van der Waals surface area (Å²) in [6.07, 6.45) is 0. The maximum Gasteiger partial charge on any atom is 0.338 e. The van der Waals surface area contributed by atoms with Crippen LogP contribution < -0.4 is 4.74 Å². The minimum Gasteiger partial charge on any atom is -0.462 e. The smallest absolute Gasteiger partial charge is 0.338 e. The molecule has 0 atom stereocenters. The molecule has 128 valence electrons. The molecule has 0 amide bonds. The van der Waals surface area contributed by atoms with Gasteiger partial charge >= 0.3 is 5.97 Å². The van der Waals surface area contributed by atoms with E-state index in [0.717, 1.165) is 22.2 Å². The number of aryl methyl sites for hydroxylation is 2. The highest BCUT2D eigenvalue weighted by Gasteiger charge is 2.12. The van der Waals surface area contributed by atoms with Crippen LogP contribution in [0.2, 0.25) is 5.02 Å². The number of benzene rings is 2. The van der Waals surface area contributed by atoms with E-state index in [-0.39, 0.29) is 5.97 Å². The summed E-state index contributed by atoms with van der Waals surface area (Å²) in [5.41, 5.74) is 2.99. The summed E-state index contributed by atoms with van der Waals surface area (Å²) in [5.74, 6) is 0.948. The summed E-state index contributed by atoms with van der Waals surface area (Å²) in [4.78, 5) is 16.5. The fourth-order valence-corrected chi connectivity index (χ4v) is 2.67. The first-order valence-electron chi connectivity index (χ1n) is 8.00. The van der Waals surface area contributed by atoms with Gasteiger partial charge in [-0.15, -0.1) is 0 Å². The summed E-state index contributed by atoms with van der Waals surface area (Å²) in [6, 6.07) is 12.6. The first-order chi connectivity index (χ1) is 12.0. The SMILES string of the molecule is CCOC(=O)c1ccc2nc(C)cc(Oc3ccc(Cl)c(C)c3)c2c1. The van der Waals surface area contributed by atoms with Crippen molar-refractivity contribution in [3.63, 3.8) is 0 Å². The van der Waals surface area contributed by atoms with E-state index >= 15 is 0 Å². The lowest BCUT2D eigenvalue weighted by Gasteiger charge is -2.12. The summed E-state index contributed by atoms with van der Waals surface area (Å²) in [6.45, 7) is 5.93. The number of rotatable bonds is 4. The molecular weight excluding hydrogens is 338 g/mol. The van der Waals surface area contributed by atoms with Crippen LogP contribution in [-0.4, -0.2) is 17.6 Å². The third-order valence-electron chi connectivity index (χ3n) is 3.77. The van der Waals surface area contributed by atoms with Gasteiger partial charge in [0.15, 0.2) is 0 Å². The van der Waals surface area contributed by atoms with E-state index in [2.05, 4.69) is 4.98 Å². The average Bonchev–Trinajstić information content (AvgIpc) is 2.58. The monoisotopic (exact) mass is 355 g/mol. The van der Waals surface area contributed by atoms with E-state index in [4.69, 9.17) is 21.1 Å². The molecule has 1 heterocycles. The predicted octanol–water partition coefficient (Wildman–Crippen LogP) is 5.47. The zero-order valence-electron chi connectivity index (χ0n) is 14.3. The van der Waals surface area contributed by atoms with E-state index in [9.17, 15) is 4.79 Å². The molecule has 25 heavy (non-hydrogen) atoms. The minimum atomic E-state index is -0.363. The van der Waals surface area contributed by atoms with E-state index in [0.29, 0.717) is 28.7 Å². The Morgan fingerprint density at radius 3 is 2.64 bits per heavy atom. The quantitative estimate of drug-likeness (QED) is 0.582. The molecule has 0 unspecified atom stereocenters. The summed E-state index contributed by atoms with van der Waals surface area (Å²) in [7, 11) is 0. The molecule has 0 aliphatic carbocycles. The standard InChI is InChI=1S/C20H18ClNO3/c1-4-24-20(23)14-5-8-18-16(11-14)19(10-13(3)22-18)25-15-6-7-17(21)12(2)9-15/h5-11H,4H2,1-3H3. The third-order valence-corrected chi connectivity index (χ3v) is 4.19. The number of halogens is 1. The Hall–Kier alpha value is -2.59. The third kappa shape index (κ3) is 3.74. The highest BCUT2D eigenvalue weighted by molar-refractivity contribution is 6.31. The number of hydrogen-bond acceptors (Lipinski definition) is 4. The lowest BCUT2D eigenvalue weighted by Crippen LogP contribution is -2.04. The summed E-state index contributed by atoms with van der Waals surface area (Å²) < 4.78 is 11.1. The number of fused-ring (bicyclic) bond motifs is 1. The number of pyridine rings is 1. The number of aromatic nitrogens is 1. The van der Waals surface area contributed by atoms with Gasteiger partial charge in [0.05, 0.1) is 17.7 Å². The van der Waals surface area contributed by atoms with E-state index in [1.54, 1.807) is 31.2 Å². The van der Waals surface area contributed by atoms with Crippen molar-refractivity contribution >= 4 is 28.5 Å². The number of carbonyl (C=O) groups excluding carboxylic acids is 1. The molecular formula is C20H18ClNO3. The lowest BCUT2D eigenvalue weighted by atomic mass is 10.1. The van der Waals surface area contributed by atoms with Crippen molar-refractivity contribution in [2.45, 2.75) is 20.8 Å². The first kappa shape index (κ1) is 17.2. The maximum absolute atomic E-state index is 12.0. The topological polar surface area (TPSA) is 48.4 Å². The number of esters is 1. The van der Waals surface area contributed by atoms with Gasteiger partial charge in [-0.2, -0.15) is 0 Å². The number of carbonyl (C=O) groups is 1. The average molecular weight is 356 g/mol. The van der Waals surface area contributed by atoms with Crippen molar-refractivity contribution in [2.24, 2.45) is 0 Å². The van der Waals surface area contributed by atoms with Gasteiger partial charge in [0.2, 0.25) is 0 Å². The maximum atomic E-state index is 12.0. The van der Waals surface area contributed by atoms with Gasteiger partial charge in [0.25, 0.3) is 0 Å². The van der Waals surface area contributed by atoms with Crippen LogP contribution >= 0.6 is 11.6 Å². The summed E-state index contributed by atoms with van der Waals surface area (Å²) in [5, 5.41) is 1.44. The van der Waals surface area contributed by atoms with Gasteiger partial charge in [0, 0.05) is 22.2 Å². The molecule has 3 rings (SSSR count). The van der Waals surface area contributed by atoms with Gasteiger partial charge in [-0.05, 0) is 62.7 Å². The first-order valence-corrected chi connectivity index (χ1v) is 8.38. The van der Waals surface area contributed by atoms with Crippen LogP contribution in [0.25, 0.3) is 10.9 Å².